The number of hydrogen-bond acceptors (Lipinski definition) is 6. The highest BCUT2D eigenvalue weighted by Gasteiger charge is 2.16. The van der Waals surface area contributed by atoms with Crippen molar-refractivity contribution >= 4 is 40.7 Å². The molecule has 0 saturated heterocycles. The van der Waals surface area contributed by atoms with Gasteiger partial charge in [-0.25, -0.2) is 9.97 Å². The molecule has 10 heteroatoms. The van der Waals surface area contributed by atoms with E-state index in [0.717, 1.165) is 18.5 Å². The molecule has 0 aliphatic rings. The molecule has 3 aromatic heterocycles. The topological polar surface area (TPSA) is 97.9 Å². The molecule has 0 atom stereocenters. The van der Waals surface area contributed by atoms with Gasteiger partial charge in [0.05, 0.1) is 5.02 Å². The van der Waals surface area contributed by atoms with E-state index in [1.54, 1.807) is 48.8 Å². The van der Waals surface area contributed by atoms with Crippen molar-refractivity contribution in [1.82, 2.24) is 19.5 Å². The molecule has 2 N–H and O–H groups in total. The summed E-state index contributed by atoms with van der Waals surface area (Å²) < 4.78 is 7.63. The minimum absolute atomic E-state index is 0.144. The Morgan fingerprint density at radius 3 is 2.78 bits per heavy atom. The summed E-state index contributed by atoms with van der Waals surface area (Å²) in [7, 11) is 0. The van der Waals surface area contributed by atoms with E-state index in [1.807, 2.05) is 35.0 Å². The Labute approximate surface area is 223 Å². The predicted octanol–water partition coefficient (Wildman–Crippen LogP) is 6.97. The molecule has 2 aromatic carbocycles. The Bertz CT molecular complexity index is 1560. The third-order valence-electron chi connectivity index (χ3n) is 5.46. The number of carbonyl (C=O) groups is 1. The Morgan fingerprint density at radius 2 is 1.92 bits per heavy atom. The van der Waals surface area contributed by atoms with Gasteiger partial charge in [-0.1, -0.05) is 42.3 Å². The molecular formula is C27H22Cl2N6O2. The molecule has 37 heavy (non-hydrogen) atoms. The van der Waals surface area contributed by atoms with E-state index in [0.29, 0.717) is 44.6 Å². The normalized spacial score (nSPS) is 10.9. The molecule has 0 bridgehead atoms. The van der Waals surface area contributed by atoms with E-state index in [2.05, 4.69) is 32.5 Å². The van der Waals surface area contributed by atoms with Gasteiger partial charge in [0.2, 0.25) is 5.95 Å². The Hall–Kier alpha value is -4.14. The van der Waals surface area contributed by atoms with Crippen molar-refractivity contribution in [2.45, 2.75) is 13.3 Å². The maximum Gasteiger partial charge on any atom is 0.291 e. The highest BCUT2D eigenvalue weighted by Crippen LogP contribution is 2.32. The molecule has 0 fully saturated rings. The van der Waals surface area contributed by atoms with E-state index < -0.39 is 5.91 Å². The minimum atomic E-state index is -0.396. The van der Waals surface area contributed by atoms with Crippen LogP contribution in [-0.2, 0) is 0 Å². The van der Waals surface area contributed by atoms with Gasteiger partial charge in [0.1, 0.15) is 17.4 Å². The first-order valence-corrected chi connectivity index (χ1v) is 12.3. The monoisotopic (exact) mass is 532 g/mol. The summed E-state index contributed by atoms with van der Waals surface area (Å²) in [5.41, 5.74) is 2.00. The second-order valence-corrected chi connectivity index (χ2v) is 8.95. The largest absolute Gasteiger partial charge is 0.451 e. The molecule has 1 amide bonds. The molecule has 0 aliphatic heterocycles. The number of imidazole rings is 1. The molecule has 0 saturated carbocycles. The molecule has 0 radical (unpaired) electrons. The first-order chi connectivity index (χ1) is 18.0. The van der Waals surface area contributed by atoms with Gasteiger partial charge in [-0.05, 0) is 55.0 Å². The standard InChI is InChI=1S/C27H22Cl2N6O2/c1-2-11-31-27-32-12-10-24(34-27)35-14-13-30-25(35)17-4-3-5-19(15-17)33-26(36)23-9-8-22(37-23)20-16-18(28)6-7-21(20)29/h3-10,12-16H,2,11H2,1H3,(H,33,36)(H,31,32,34). The Kier molecular flexibility index (Phi) is 7.20. The van der Waals surface area contributed by atoms with Crippen LogP contribution < -0.4 is 10.6 Å². The van der Waals surface area contributed by atoms with Gasteiger partial charge >= 0.3 is 0 Å². The van der Waals surface area contributed by atoms with Crippen molar-refractivity contribution in [2.75, 3.05) is 17.2 Å². The zero-order chi connectivity index (χ0) is 25.8. The van der Waals surface area contributed by atoms with Crippen LogP contribution in [0, 0.1) is 0 Å². The molecule has 0 spiro atoms. The lowest BCUT2D eigenvalue weighted by atomic mass is 10.2. The predicted molar refractivity (Wildman–Crippen MR) is 145 cm³/mol. The number of halogens is 2. The molecular weight excluding hydrogens is 511 g/mol. The molecule has 5 rings (SSSR count). The van der Waals surface area contributed by atoms with Crippen LogP contribution in [0.25, 0.3) is 28.5 Å². The number of nitrogens with zero attached hydrogens (tertiary/aromatic N) is 4. The molecule has 186 valence electrons. The van der Waals surface area contributed by atoms with Gasteiger partial charge in [0.15, 0.2) is 5.76 Å². The van der Waals surface area contributed by atoms with Crippen molar-refractivity contribution in [2.24, 2.45) is 0 Å². The number of aromatic nitrogens is 4. The first kappa shape index (κ1) is 24.5. The van der Waals surface area contributed by atoms with Crippen LogP contribution in [0.15, 0.2) is 83.7 Å². The third kappa shape index (κ3) is 5.50. The number of rotatable bonds is 8. The summed E-state index contributed by atoms with van der Waals surface area (Å²) in [5.74, 6) is 2.10. The van der Waals surface area contributed by atoms with E-state index >= 15 is 0 Å². The fourth-order valence-corrected chi connectivity index (χ4v) is 4.11. The van der Waals surface area contributed by atoms with Crippen LogP contribution in [0.4, 0.5) is 11.6 Å². The second-order valence-electron chi connectivity index (χ2n) is 8.11. The highest BCUT2D eigenvalue weighted by molar-refractivity contribution is 6.35. The summed E-state index contributed by atoms with van der Waals surface area (Å²) >= 11 is 12.3. The van der Waals surface area contributed by atoms with Crippen molar-refractivity contribution < 1.29 is 9.21 Å². The average Bonchev–Trinajstić information content (AvgIpc) is 3.60. The van der Waals surface area contributed by atoms with E-state index in [-0.39, 0.29) is 5.76 Å². The lowest BCUT2D eigenvalue weighted by Crippen LogP contribution is -2.11. The molecule has 0 aliphatic carbocycles. The zero-order valence-corrected chi connectivity index (χ0v) is 21.3. The van der Waals surface area contributed by atoms with Crippen LogP contribution in [-0.4, -0.2) is 32.0 Å². The van der Waals surface area contributed by atoms with Crippen molar-refractivity contribution in [3.8, 4) is 28.5 Å². The number of anilines is 2. The Balaban J connectivity index is 1.36. The maximum atomic E-state index is 12.9. The van der Waals surface area contributed by atoms with E-state index in [1.165, 1.54) is 0 Å². The fourth-order valence-electron chi connectivity index (χ4n) is 3.73. The van der Waals surface area contributed by atoms with Crippen LogP contribution in [0.2, 0.25) is 10.0 Å². The number of benzene rings is 2. The van der Waals surface area contributed by atoms with Gasteiger partial charge in [0, 0.05) is 47.0 Å². The number of nitrogens with one attached hydrogen (secondary N) is 2. The van der Waals surface area contributed by atoms with Gasteiger partial charge in [-0.3, -0.25) is 9.36 Å². The summed E-state index contributed by atoms with van der Waals surface area (Å²) in [5, 5.41) is 7.07. The fraction of sp³-hybridized carbons (Fsp3) is 0.111. The number of furan rings is 1. The molecule has 5 aromatic rings. The molecule has 8 nitrogen and oxygen atoms in total. The van der Waals surface area contributed by atoms with Gasteiger partial charge < -0.3 is 15.1 Å². The molecule has 0 unspecified atom stereocenters. The van der Waals surface area contributed by atoms with Crippen LogP contribution in [0.3, 0.4) is 0 Å². The van der Waals surface area contributed by atoms with Crippen LogP contribution >= 0.6 is 23.2 Å². The van der Waals surface area contributed by atoms with Crippen molar-refractivity contribution in [3.05, 3.63) is 95.1 Å². The Morgan fingerprint density at radius 1 is 1.03 bits per heavy atom. The van der Waals surface area contributed by atoms with Crippen molar-refractivity contribution in [3.63, 3.8) is 0 Å². The minimum Gasteiger partial charge on any atom is -0.451 e. The summed E-state index contributed by atoms with van der Waals surface area (Å²) in [6.07, 6.45) is 6.20. The highest BCUT2D eigenvalue weighted by atomic mass is 35.5. The number of hydrogen-bond donors (Lipinski definition) is 2. The summed E-state index contributed by atoms with van der Waals surface area (Å²) in [6, 6.07) is 17.6. The van der Waals surface area contributed by atoms with Gasteiger partial charge in [-0.2, -0.15) is 4.98 Å². The summed E-state index contributed by atoms with van der Waals surface area (Å²) in [4.78, 5) is 26.3. The van der Waals surface area contributed by atoms with Crippen molar-refractivity contribution in [1.29, 1.82) is 0 Å². The first-order valence-electron chi connectivity index (χ1n) is 11.6. The van der Waals surface area contributed by atoms with E-state index in [9.17, 15) is 4.79 Å². The average molecular weight is 533 g/mol. The SMILES string of the molecule is CCCNc1nccc(-n2ccnc2-c2cccc(NC(=O)c3ccc(-c4cc(Cl)ccc4Cl)o3)c2)n1. The number of amides is 1. The smallest absolute Gasteiger partial charge is 0.291 e. The van der Waals surface area contributed by atoms with Gasteiger partial charge in [-0.15, -0.1) is 0 Å². The van der Waals surface area contributed by atoms with Crippen LogP contribution in [0.5, 0.6) is 0 Å². The van der Waals surface area contributed by atoms with E-state index in [4.69, 9.17) is 27.6 Å². The quantitative estimate of drug-likeness (QED) is 0.224. The zero-order valence-electron chi connectivity index (χ0n) is 19.8. The lowest BCUT2D eigenvalue weighted by Gasteiger charge is -2.10. The third-order valence-corrected chi connectivity index (χ3v) is 6.03. The maximum absolute atomic E-state index is 12.9. The lowest BCUT2D eigenvalue weighted by molar-refractivity contribution is 0.0997. The number of carbonyl (C=O) groups excluding carboxylic acids is 1. The van der Waals surface area contributed by atoms with Crippen LogP contribution in [0.1, 0.15) is 23.9 Å². The summed E-state index contributed by atoms with van der Waals surface area (Å²) in [6.45, 7) is 2.86. The second kappa shape index (κ2) is 10.9. The molecule has 3 heterocycles. The van der Waals surface area contributed by atoms with Gasteiger partial charge in [0.25, 0.3) is 5.91 Å².